The van der Waals surface area contributed by atoms with Crippen LogP contribution in [0.25, 0.3) is 11.4 Å². The Morgan fingerprint density at radius 2 is 2.04 bits per heavy atom. The fourth-order valence-electron chi connectivity index (χ4n) is 4.11. The molecular formula is C20H26FN3O2. The van der Waals surface area contributed by atoms with Crippen molar-refractivity contribution in [2.45, 2.75) is 57.6 Å². The summed E-state index contributed by atoms with van der Waals surface area (Å²) in [6.07, 6.45) is 6.06. The van der Waals surface area contributed by atoms with Crippen molar-refractivity contribution in [3.63, 3.8) is 0 Å². The molecule has 1 atom stereocenters. The lowest BCUT2D eigenvalue weighted by atomic mass is 9.83. The number of benzene rings is 1. The number of ether oxygens (including phenoxy) is 1. The summed E-state index contributed by atoms with van der Waals surface area (Å²) in [5.74, 6) is 0.759. The zero-order chi connectivity index (χ0) is 18.1. The van der Waals surface area contributed by atoms with E-state index in [9.17, 15) is 4.39 Å². The number of aromatic nitrogens is 2. The van der Waals surface area contributed by atoms with Gasteiger partial charge in [0.25, 0.3) is 0 Å². The van der Waals surface area contributed by atoms with E-state index in [4.69, 9.17) is 9.26 Å². The van der Waals surface area contributed by atoms with Crippen LogP contribution in [-0.4, -0.2) is 40.3 Å². The summed E-state index contributed by atoms with van der Waals surface area (Å²) >= 11 is 0. The van der Waals surface area contributed by atoms with E-state index in [1.54, 1.807) is 13.0 Å². The molecule has 140 valence electrons. The van der Waals surface area contributed by atoms with E-state index < -0.39 is 0 Å². The lowest BCUT2D eigenvalue weighted by Gasteiger charge is -2.46. The second-order valence-electron chi connectivity index (χ2n) is 7.66. The Hall–Kier alpha value is -1.79. The molecule has 1 aromatic carbocycles. The number of aryl methyl sites for hydroxylation is 1. The Bertz CT molecular complexity index is 765. The van der Waals surface area contributed by atoms with Crippen LogP contribution in [0.5, 0.6) is 0 Å². The van der Waals surface area contributed by atoms with Gasteiger partial charge in [0.15, 0.2) is 0 Å². The SMILES string of the molecule is Cc1ccc(-c2noc(C(C)N3CCOC4(CCCCC4)C3)n2)cc1F. The molecule has 26 heavy (non-hydrogen) atoms. The van der Waals surface area contributed by atoms with E-state index >= 15 is 0 Å². The standard InChI is InChI=1S/C20H26FN3O2/c1-14-6-7-16(12-17(14)21)18-22-19(26-23-18)15(2)24-10-11-25-20(13-24)8-4-3-5-9-20/h6-7,12,15H,3-5,8-11,13H2,1-2H3. The zero-order valence-corrected chi connectivity index (χ0v) is 15.5. The van der Waals surface area contributed by atoms with Gasteiger partial charge in [-0.3, -0.25) is 4.90 Å². The van der Waals surface area contributed by atoms with Gasteiger partial charge in [0.05, 0.1) is 18.2 Å². The normalized spacial score (nSPS) is 21.8. The van der Waals surface area contributed by atoms with Gasteiger partial charge >= 0.3 is 0 Å². The van der Waals surface area contributed by atoms with Crippen LogP contribution in [0.3, 0.4) is 0 Å². The number of halogens is 1. The third-order valence-electron chi connectivity index (χ3n) is 5.82. The van der Waals surface area contributed by atoms with E-state index in [0.29, 0.717) is 22.8 Å². The highest BCUT2D eigenvalue weighted by molar-refractivity contribution is 5.54. The number of hydrogen-bond donors (Lipinski definition) is 0. The molecule has 2 heterocycles. The molecule has 1 unspecified atom stereocenters. The van der Waals surface area contributed by atoms with E-state index in [-0.39, 0.29) is 17.5 Å². The molecule has 2 aromatic rings. The zero-order valence-electron chi connectivity index (χ0n) is 15.5. The lowest BCUT2D eigenvalue weighted by molar-refractivity contribution is -0.136. The number of hydrogen-bond acceptors (Lipinski definition) is 5. The highest BCUT2D eigenvalue weighted by Crippen LogP contribution is 2.36. The van der Waals surface area contributed by atoms with Crippen LogP contribution in [0.4, 0.5) is 4.39 Å². The summed E-state index contributed by atoms with van der Waals surface area (Å²) in [6.45, 7) is 6.34. The summed E-state index contributed by atoms with van der Waals surface area (Å²) in [4.78, 5) is 6.91. The highest BCUT2D eigenvalue weighted by Gasteiger charge is 2.40. The van der Waals surface area contributed by atoms with Gasteiger partial charge in [-0.25, -0.2) is 4.39 Å². The molecule has 1 saturated heterocycles. The molecule has 1 saturated carbocycles. The topological polar surface area (TPSA) is 51.4 Å². The second-order valence-corrected chi connectivity index (χ2v) is 7.66. The minimum absolute atomic E-state index is 0.00625. The van der Waals surface area contributed by atoms with Gasteiger partial charge in [-0.2, -0.15) is 4.98 Å². The second kappa shape index (κ2) is 7.08. The molecule has 0 amide bonds. The van der Waals surface area contributed by atoms with Crippen LogP contribution >= 0.6 is 0 Å². The summed E-state index contributed by atoms with van der Waals surface area (Å²) < 4.78 is 25.5. The van der Waals surface area contributed by atoms with Gasteiger partial charge in [-0.1, -0.05) is 36.6 Å². The molecule has 0 N–H and O–H groups in total. The maximum absolute atomic E-state index is 13.8. The van der Waals surface area contributed by atoms with Gasteiger partial charge in [0, 0.05) is 18.7 Å². The molecule has 0 radical (unpaired) electrons. The molecule has 5 nitrogen and oxygen atoms in total. The lowest BCUT2D eigenvalue weighted by Crippen LogP contribution is -2.53. The third-order valence-corrected chi connectivity index (χ3v) is 5.82. The van der Waals surface area contributed by atoms with E-state index in [1.807, 2.05) is 6.07 Å². The largest absolute Gasteiger partial charge is 0.372 e. The first kappa shape index (κ1) is 17.6. The number of morpholine rings is 1. The molecule has 1 aromatic heterocycles. The van der Waals surface area contributed by atoms with Crippen molar-refractivity contribution in [3.05, 3.63) is 35.5 Å². The van der Waals surface area contributed by atoms with E-state index in [2.05, 4.69) is 22.0 Å². The third kappa shape index (κ3) is 3.40. The van der Waals surface area contributed by atoms with E-state index in [0.717, 1.165) is 32.5 Å². The van der Waals surface area contributed by atoms with Gasteiger partial charge in [0.2, 0.25) is 11.7 Å². The first-order valence-electron chi connectivity index (χ1n) is 9.54. The Morgan fingerprint density at radius 1 is 1.23 bits per heavy atom. The van der Waals surface area contributed by atoms with Crippen LogP contribution in [0.2, 0.25) is 0 Å². The van der Waals surface area contributed by atoms with Gasteiger partial charge in [0.1, 0.15) is 5.82 Å². The van der Waals surface area contributed by atoms with Crippen molar-refractivity contribution >= 4 is 0 Å². The monoisotopic (exact) mass is 359 g/mol. The summed E-state index contributed by atoms with van der Waals surface area (Å²) in [5, 5.41) is 4.07. The molecule has 1 aliphatic carbocycles. The maximum Gasteiger partial charge on any atom is 0.244 e. The predicted molar refractivity (Wildman–Crippen MR) is 96.2 cm³/mol. The highest BCUT2D eigenvalue weighted by atomic mass is 19.1. The molecule has 1 spiro atoms. The Labute approximate surface area is 153 Å². The average Bonchev–Trinajstić information content (AvgIpc) is 3.14. The van der Waals surface area contributed by atoms with Gasteiger partial charge < -0.3 is 9.26 Å². The quantitative estimate of drug-likeness (QED) is 0.819. The molecule has 1 aliphatic heterocycles. The van der Waals surface area contributed by atoms with Crippen LogP contribution in [0, 0.1) is 12.7 Å². The van der Waals surface area contributed by atoms with Crippen LogP contribution < -0.4 is 0 Å². The van der Waals surface area contributed by atoms with Crippen molar-refractivity contribution in [1.29, 1.82) is 0 Å². The van der Waals surface area contributed by atoms with Gasteiger partial charge in [-0.05, 0) is 38.3 Å². The summed E-state index contributed by atoms with van der Waals surface area (Å²) in [6, 6.07) is 5.04. The summed E-state index contributed by atoms with van der Waals surface area (Å²) in [7, 11) is 0. The summed E-state index contributed by atoms with van der Waals surface area (Å²) in [5.41, 5.74) is 1.24. The Kier molecular flexibility index (Phi) is 4.80. The van der Waals surface area contributed by atoms with Gasteiger partial charge in [-0.15, -0.1) is 0 Å². The van der Waals surface area contributed by atoms with Crippen molar-refractivity contribution in [2.75, 3.05) is 19.7 Å². The average molecular weight is 359 g/mol. The minimum Gasteiger partial charge on any atom is -0.372 e. The molecular weight excluding hydrogens is 333 g/mol. The van der Waals surface area contributed by atoms with Crippen molar-refractivity contribution < 1.29 is 13.7 Å². The maximum atomic E-state index is 13.8. The van der Waals surface area contributed by atoms with Crippen molar-refractivity contribution in [1.82, 2.24) is 15.0 Å². The minimum atomic E-state index is -0.255. The first-order chi connectivity index (χ1) is 12.6. The predicted octanol–water partition coefficient (Wildman–Crippen LogP) is 4.28. The fourth-order valence-corrected chi connectivity index (χ4v) is 4.11. The Balaban J connectivity index is 1.50. The fraction of sp³-hybridized carbons (Fsp3) is 0.600. The van der Waals surface area contributed by atoms with E-state index in [1.165, 1.54) is 25.3 Å². The smallest absolute Gasteiger partial charge is 0.244 e. The van der Waals surface area contributed by atoms with Crippen LogP contribution in [0.15, 0.2) is 22.7 Å². The van der Waals surface area contributed by atoms with Crippen LogP contribution in [-0.2, 0) is 4.74 Å². The van der Waals surface area contributed by atoms with Crippen molar-refractivity contribution in [2.24, 2.45) is 0 Å². The molecule has 2 aliphatic rings. The molecule has 0 bridgehead atoms. The van der Waals surface area contributed by atoms with Crippen molar-refractivity contribution in [3.8, 4) is 11.4 Å². The number of nitrogens with zero attached hydrogens (tertiary/aromatic N) is 3. The molecule has 2 fully saturated rings. The first-order valence-corrected chi connectivity index (χ1v) is 9.54. The molecule has 6 heteroatoms. The Morgan fingerprint density at radius 3 is 2.81 bits per heavy atom. The molecule has 4 rings (SSSR count). The number of rotatable bonds is 3. The van der Waals surface area contributed by atoms with Crippen LogP contribution in [0.1, 0.15) is 56.5 Å².